The summed E-state index contributed by atoms with van der Waals surface area (Å²) in [5, 5.41) is 0.865. The van der Waals surface area contributed by atoms with Gasteiger partial charge in [-0.15, -0.1) is 0 Å². The highest BCUT2D eigenvalue weighted by Crippen LogP contribution is 2.30. The van der Waals surface area contributed by atoms with Crippen molar-refractivity contribution in [1.29, 1.82) is 0 Å². The van der Waals surface area contributed by atoms with Gasteiger partial charge < -0.3 is 0 Å². The molecule has 0 aliphatic rings. The monoisotopic (exact) mass is 317 g/mol. The Labute approximate surface area is 141 Å². The van der Waals surface area contributed by atoms with Gasteiger partial charge in [-0.05, 0) is 35.3 Å². The molecule has 0 fully saturated rings. The van der Waals surface area contributed by atoms with Crippen molar-refractivity contribution in [2.24, 2.45) is 0 Å². The fraction of sp³-hybridized carbons (Fsp3) is 0.200. The van der Waals surface area contributed by atoms with Gasteiger partial charge in [-0.3, -0.25) is 4.79 Å². The zero-order valence-electron chi connectivity index (χ0n) is 14.1. The Morgan fingerprint density at radius 1 is 1.17 bits per heavy atom. The van der Waals surface area contributed by atoms with E-state index in [1.54, 1.807) is 6.20 Å². The van der Waals surface area contributed by atoms with E-state index in [9.17, 15) is 4.79 Å². The smallest absolute Gasteiger partial charge is 0.185 e. The number of hydrogen-bond donors (Lipinski definition) is 0. The van der Waals surface area contributed by atoms with E-state index in [-0.39, 0.29) is 11.2 Å². The van der Waals surface area contributed by atoms with Gasteiger partial charge in [-0.1, -0.05) is 39.5 Å². The van der Waals surface area contributed by atoms with Gasteiger partial charge in [0.1, 0.15) is 6.33 Å². The number of aromatic nitrogens is 3. The first-order valence-corrected chi connectivity index (χ1v) is 7.78. The predicted molar refractivity (Wildman–Crippen MR) is 96.0 cm³/mol. The predicted octanol–water partition coefficient (Wildman–Crippen LogP) is 4.36. The SMILES string of the molecule is C=CC(=O)c1cc(C(C)(C)C)ccc1-c1ccc2cncnc2n1. The zero-order valence-corrected chi connectivity index (χ0v) is 14.1. The van der Waals surface area contributed by atoms with Gasteiger partial charge in [0.25, 0.3) is 0 Å². The third-order valence-corrected chi connectivity index (χ3v) is 3.98. The minimum Gasteiger partial charge on any atom is -0.289 e. The Morgan fingerprint density at radius 3 is 2.67 bits per heavy atom. The summed E-state index contributed by atoms with van der Waals surface area (Å²) in [5.41, 5.74) is 3.77. The van der Waals surface area contributed by atoms with Crippen molar-refractivity contribution in [1.82, 2.24) is 15.0 Å². The average Bonchev–Trinajstić information content (AvgIpc) is 2.59. The lowest BCUT2D eigenvalue weighted by Gasteiger charge is -2.20. The van der Waals surface area contributed by atoms with Gasteiger partial charge in [-0.2, -0.15) is 0 Å². The molecule has 3 aromatic rings. The summed E-state index contributed by atoms with van der Waals surface area (Å²) in [6.07, 6.45) is 4.53. The van der Waals surface area contributed by atoms with Crippen molar-refractivity contribution < 1.29 is 4.79 Å². The van der Waals surface area contributed by atoms with E-state index in [2.05, 4.69) is 42.3 Å². The summed E-state index contributed by atoms with van der Waals surface area (Å²) in [5.74, 6) is -0.110. The minimum absolute atomic E-state index is 0.0429. The molecule has 0 saturated heterocycles. The van der Waals surface area contributed by atoms with Gasteiger partial charge in [-0.25, -0.2) is 15.0 Å². The first kappa shape index (κ1) is 16.0. The number of pyridine rings is 1. The number of hydrogen-bond acceptors (Lipinski definition) is 4. The fourth-order valence-corrected chi connectivity index (χ4v) is 2.56. The lowest BCUT2D eigenvalue weighted by atomic mass is 9.84. The summed E-state index contributed by atoms with van der Waals surface area (Å²) in [6, 6.07) is 9.73. The maximum atomic E-state index is 12.4. The topological polar surface area (TPSA) is 55.7 Å². The van der Waals surface area contributed by atoms with Crippen LogP contribution < -0.4 is 0 Å². The Hall–Kier alpha value is -2.88. The molecule has 4 heteroatoms. The quantitative estimate of drug-likeness (QED) is 0.532. The van der Waals surface area contributed by atoms with Crippen LogP contribution in [-0.2, 0) is 5.41 Å². The summed E-state index contributed by atoms with van der Waals surface area (Å²) in [4.78, 5) is 25.1. The van der Waals surface area contributed by atoms with Crippen LogP contribution in [0.5, 0.6) is 0 Å². The number of rotatable bonds is 3. The molecule has 4 nitrogen and oxygen atoms in total. The molecule has 0 spiro atoms. The fourth-order valence-electron chi connectivity index (χ4n) is 2.56. The van der Waals surface area contributed by atoms with Gasteiger partial charge >= 0.3 is 0 Å². The average molecular weight is 317 g/mol. The van der Waals surface area contributed by atoms with Crippen LogP contribution in [0.4, 0.5) is 0 Å². The van der Waals surface area contributed by atoms with Crippen molar-refractivity contribution in [3.05, 3.63) is 66.6 Å². The van der Waals surface area contributed by atoms with Gasteiger partial charge in [0.05, 0.1) is 5.69 Å². The van der Waals surface area contributed by atoms with Crippen molar-refractivity contribution in [2.45, 2.75) is 26.2 Å². The lowest BCUT2D eigenvalue weighted by molar-refractivity contribution is 0.104. The van der Waals surface area contributed by atoms with E-state index in [1.807, 2.05) is 30.3 Å². The summed E-state index contributed by atoms with van der Waals surface area (Å²) < 4.78 is 0. The molecular weight excluding hydrogens is 298 g/mol. The van der Waals surface area contributed by atoms with Crippen LogP contribution in [0.3, 0.4) is 0 Å². The van der Waals surface area contributed by atoms with Crippen LogP contribution in [0.1, 0.15) is 36.7 Å². The lowest BCUT2D eigenvalue weighted by Crippen LogP contribution is -2.12. The van der Waals surface area contributed by atoms with E-state index in [0.29, 0.717) is 16.9 Å². The highest BCUT2D eigenvalue weighted by atomic mass is 16.1. The largest absolute Gasteiger partial charge is 0.289 e. The zero-order chi connectivity index (χ0) is 17.3. The Bertz CT molecular complexity index is 939. The molecular formula is C20H19N3O. The van der Waals surface area contributed by atoms with Crippen molar-refractivity contribution >= 4 is 16.8 Å². The van der Waals surface area contributed by atoms with Crippen molar-refractivity contribution in [2.75, 3.05) is 0 Å². The number of allylic oxidation sites excluding steroid dienone is 1. The second-order valence-electron chi connectivity index (χ2n) is 6.71. The first-order valence-electron chi connectivity index (χ1n) is 7.78. The van der Waals surface area contributed by atoms with Crippen molar-refractivity contribution in [3.63, 3.8) is 0 Å². The van der Waals surface area contributed by atoms with Crippen molar-refractivity contribution in [3.8, 4) is 11.3 Å². The minimum atomic E-state index is -0.110. The van der Waals surface area contributed by atoms with Crippen LogP contribution in [0, 0.1) is 0 Å². The first-order chi connectivity index (χ1) is 11.4. The van der Waals surface area contributed by atoms with E-state index < -0.39 is 0 Å². The van der Waals surface area contributed by atoms with Crippen LogP contribution in [-0.4, -0.2) is 20.7 Å². The van der Waals surface area contributed by atoms with Crippen LogP contribution in [0.15, 0.2) is 55.5 Å². The molecule has 0 aliphatic heterocycles. The number of nitrogens with zero attached hydrogens (tertiary/aromatic N) is 3. The number of ketones is 1. The highest BCUT2D eigenvalue weighted by Gasteiger charge is 2.19. The van der Waals surface area contributed by atoms with Crippen LogP contribution in [0.25, 0.3) is 22.3 Å². The second kappa shape index (κ2) is 5.96. The number of carbonyl (C=O) groups excluding carboxylic acids is 1. The van der Waals surface area contributed by atoms with E-state index in [4.69, 9.17) is 0 Å². The van der Waals surface area contributed by atoms with Gasteiger partial charge in [0.15, 0.2) is 11.4 Å². The molecule has 0 aliphatic carbocycles. The molecule has 0 bridgehead atoms. The molecule has 3 rings (SSSR count). The Morgan fingerprint density at radius 2 is 1.96 bits per heavy atom. The highest BCUT2D eigenvalue weighted by molar-refractivity contribution is 6.09. The Kier molecular flexibility index (Phi) is 3.97. The number of benzene rings is 1. The van der Waals surface area contributed by atoms with Crippen LogP contribution >= 0.6 is 0 Å². The van der Waals surface area contributed by atoms with Crippen LogP contribution in [0.2, 0.25) is 0 Å². The third-order valence-electron chi connectivity index (χ3n) is 3.98. The maximum Gasteiger partial charge on any atom is 0.185 e. The molecule has 0 N–H and O–H groups in total. The molecule has 0 atom stereocenters. The maximum absolute atomic E-state index is 12.4. The molecule has 120 valence electrons. The standard InChI is InChI=1S/C20H19N3O/c1-5-18(24)16-10-14(20(2,3)4)7-8-15(16)17-9-6-13-11-21-12-22-19(13)23-17/h5-12H,1H2,2-4H3. The summed E-state index contributed by atoms with van der Waals surface area (Å²) >= 11 is 0. The summed E-state index contributed by atoms with van der Waals surface area (Å²) in [6.45, 7) is 9.98. The molecule has 24 heavy (non-hydrogen) atoms. The molecule has 0 amide bonds. The molecule has 0 unspecified atom stereocenters. The number of carbonyl (C=O) groups is 1. The normalized spacial score (nSPS) is 11.5. The second-order valence-corrected chi connectivity index (χ2v) is 6.71. The molecule has 0 saturated carbocycles. The van der Waals surface area contributed by atoms with Gasteiger partial charge in [0, 0.05) is 22.7 Å². The molecule has 1 aromatic carbocycles. The summed E-state index contributed by atoms with van der Waals surface area (Å²) in [7, 11) is 0. The molecule has 0 radical (unpaired) electrons. The van der Waals surface area contributed by atoms with E-state index in [0.717, 1.165) is 16.5 Å². The third kappa shape index (κ3) is 2.95. The van der Waals surface area contributed by atoms with Gasteiger partial charge in [0.2, 0.25) is 0 Å². The molecule has 2 aromatic heterocycles. The molecule has 2 heterocycles. The van der Waals surface area contributed by atoms with E-state index in [1.165, 1.54) is 12.4 Å². The number of fused-ring (bicyclic) bond motifs is 1. The van der Waals surface area contributed by atoms with E-state index >= 15 is 0 Å². The Balaban J connectivity index is 2.21.